The minimum absolute atomic E-state index is 0.0350. The van der Waals surface area contributed by atoms with Crippen molar-refractivity contribution in [3.63, 3.8) is 0 Å². The number of nitrogens with one attached hydrogen (secondary N) is 1. The number of nitrogens with zero attached hydrogens (tertiary/aromatic N) is 6. The highest BCUT2D eigenvalue weighted by Crippen LogP contribution is 2.27. The fourth-order valence-electron chi connectivity index (χ4n) is 4.64. The number of aromatic nitrogens is 5. The van der Waals surface area contributed by atoms with E-state index in [0.29, 0.717) is 33.3 Å². The zero-order valence-corrected chi connectivity index (χ0v) is 23.8. The van der Waals surface area contributed by atoms with E-state index >= 15 is 0 Å². The molecule has 214 valence electrons. The molecule has 11 nitrogen and oxygen atoms in total. The quantitative estimate of drug-likeness (QED) is 0.223. The molecule has 5 rings (SSSR count). The zero-order valence-electron chi connectivity index (χ0n) is 23.8. The molecule has 2 aromatic carbocycles. The summed E-state index contributed by atoms with van der Waals surface area (Å²) in [4.78, 5) is 40.2. The lowest BCUT2D eigenvalue weighted by atomic mass is 10.0. The number of fused-ring (bicyclic) bond motifs is 1. The summed E-state index contributed by atoms with van der Waals surface area (Å²) >= 11 is 0. The van der Waals surface area contributed by atoms with E-state index in [9.17, 15) is 9.59 Å². The van der Waals surface area contributed by atoms with Gasteiger partial charge in [-0.25, -0.2) is 19.6 Å². The fraction of sp³-hybridized carbons (Fsp3) is 0.125. The van der Waals surface area contributed by atoms with Gasteiger partial charge < -0.3 is 15.8 Å². The predicted molar refractivity (Wildman–Crippen MR) is 166 cm³/mol. The monoisotopic (exact) mass is 572 g/mol. The van der Waals surface area contributed by atoms with E-state index in [-0.39, 0.29) is 28.8 Å². The minimum atomic E-state index is -0.619. The second-order valence-corrected chi connectivity index (χ2v) is 9.44. The summed E-state index contributed by atoms with van der Waals surface area (Å²) in [7, 11) is 3.13. The number of allylic oxidation sites excluding steroid dienone is 1. The average molecular weight is 573 g/mol. The maximum atomic E-state index is 14.2. The molecule has 0 fully saturated rings. The van der Waals surface area contributed by atoms with Crippen LogP contribution in [0.4, 0.5) is 11.6 Å². The Balaban J connectivity index is 1.61. The third-order valence-electron chi connectivity index (χ3n) is 6.61. The average Bonchev–Trinajstić information content (AvgIpc) is 3.31. The van der Waals surface area contributed by atoms with Crippen molar-refractivity contribution in [3.05, 3.63) is 112 Å². The van der Waals surface area contributed by atoms with Crippen LogP contribution in [0.5, 0.6) is 6.01 Å². The van der Waals surface area contributed by atoms with Crippen molar-refractivity contribution in [2.24, 2.45) is 12.0 Å². The molecule has 0 aliphatic carbocycles. The number of nitrogens with two attached hydrogens (primary N) is 1. The van der Waals surface area contributed by atoms with Gasteiger partial charge in [-0.05, 0) is 36.6 Å². The van der Waals surface area contributed by atoms with Gasteiger partial charge in [0.2, 0.25) is 0 Å². The van der Waals surface area contributed by atoms with Crippen molar-refractivity contribution in [1.82, 2.24) is 29.6 Å². The zero-order chi connectivity index (χ0) is 30.5. The van der Waals surface area contributed by atoms with Gasteiger partial charge >= 0.3 is 6.01 Å². The van der Waals surface area contributed by atoms with Gasteiger partial charge in [0.25, 0.3) is 11.5 Å². The predicted octanol–water partition coefficient (Wildman–Crippen LogP) is 3.88. The van der Waals surface area contributed by atoms with Crippen LogP contribution < -0.4 is 21.3 Å². The molecule has 5 aromatic rings. The van der Waals surface area contributed by atoms with E-state index in [1.54, 1.807) is 37.0 Å². The lowest BCUT2D eigenvalue weighted by molar-refractivity contribution is 0.0940. The number of rotatable bonds is 7. The number of aryl methyl sites for hydroxylation is 1. The number of amides is 1. The molecular weight excluding hydrogens is 544 g/mol. The smallest absolute Gasteiger partial charge is 0.316 e. The van der Waals surface area contributed by atoms with Crippen LogP contribution in [0.15, 0.2) is 89.4 Å². The van der Waals surface area contributed by atoms with Crippen LogP contribution in [-0.4, -0.2) is 43.5 Å². The van der Waals surface area contributed by atoms with Crippen LogP contribution in [-0.2, 0) is 7.05 Å². The normalized spacial score (nSPS) is 11.6. The second kappa shape index (κ2) is 12.2. The molecule has 3 aromatic heterocycles. The maximum Gasteiger partial charge on any atom is 0.316 e. The molecule has 1 atom stereocenters. The number of aliphatic imine (C=N–C) groups is 1. The molecule has 0 spiro atoms. The molecule has 3 N–H and O–H groups in total. The first-order valence-electron chi connectivity index (χ1n) is 13.2. The van der Waals surface area contributed by atoms with Gasteiger partial charge in [0.1, 0.15) is 5.56 Å². The van der Waals surface area contributed by atoms with Gasteiger partial charge in [-0.1, -0.05) is 54.8 Å². The minimum Gasteiger partial charge on any atom is -0.467 e. The van der Waals surface area contributed by atoms with Gasteiger partial charge in [-0.2, -0.15) is 5.10 Å². The molecule has 0 aliphatic heterocycles. The second-order valence-electron chi connectivity index (χ2n) is 9.44. The van der Waals surface area contributed by atoms with Crippen LogP contribution in [0.25, 0.3) is 16.5 Å². The first kappa shape index (κ1) is 28.5. The summed E-state index contributed by atoms with van der Waals surface area (Å²) in [5.74, 6) is 5.96. The number of anilines is 1. The summed E-state index contributed by atoms with van der Waals surface area (Å²) in [6.45, 7) is 5.42. The number of carbonyl (C=O) groups is 1. The Morgan fingerprint density at radius 2 is 1.88 bits per heavy atom. The summed E-state index contributed by atoms with van der Waals surface area (Å²) in [5, 5.41) is 8.23. The molecule has 0 aliphatic rings. The summed E-state index contributed by atoms with van der Waals surface area (Å²) < 4.78 is 8.01. The number of methoxy groups -OCH3 is 1. The molecule has 3 heterocycles. The molecule has 43 heavy (non-hydrogen) atoms. The highest BCUT2D eigenvalue weighted by molar-refractivity contribution is 6.03. The molecule has 0 saturated carbocycles. The number of ether oxygens (including phenoxy) is 1. The highest BCUT2D eigenvalue weighted by Gasteiger charge is 2.24. The Hall–Kier alpha value is -6.02. The summed E-state index contributed by atoms with van der Waals surface area (Å²) in [5.41, 5.74) is 8.22. The topological polar surface area (TPSA) is 142 Å². The SMILES string of the molecule is C=C/C=N\c1c(C(=O)NC(C)c2cc3cccc(C#Cc4cnc(OC)nc4)c3c(=O)n2-c2ccccc2)c(N)nn1C. The van der Waals surface area contributed by atoms with Gasteiger partial charge in [-0.3, -0.25) is 14.2 Å². The number of nitrogen functional groups attached to an aromatic ring is 1. The first-order chi connectivity index (χ1) is 20.8. The van der Waals surface area contributed by atoms with E-state index < -0.39 is 11.9 Å². The first-order valence-corrected chi connectivity index (χ1v) is 13.2. The van der Waals surface area contributed by atoms with Crippen LogP contribution in [0.1, 0.15) is 40.1 Å². The maximum absolute atomic E-state index is 14.2. The number of para-hydroxylation sites is 1. The van der Waals surface area contributed by atoms with Crippen molar-refractivity contribution in [2.45, 2.75) is 13.0 Å². The van der Waals surface area contributed by atoms with Gasteiger partial charge in [0.05, 0.1) is 24.1 Å². The van der Waals surface area contributed by atoms with Crippen LogP contribution in [0, 0.1) is 11.8 Å². The van der Waals surface area contributed by atoms with Gasteiger partial charge in [0, 0.05) is 42.6 Å². The summed E-state index contributed by atoms with van der Waals surface area (Å²) in [6.07, 6.45) is 6.05. The number of hydrogen-bond acceptors (Lipinski definition) is 8. The third-order valence-corrected chi connectivity index (χ3v) is 6.61. The van der Waals surface area contributed by atoms with Crippen LogP contribution in [0.3, 0.4) is 0 Å². The molecule has 0 bridgehead atoms. The van der Waals surface area contributed by atoms with Crippen molar-refractivity contribution in [1.29, 1.82) is 0 Å². The van der Waals surface area contributed by atoms with E-state index in [1.165, 1.54) is 24.1 Å². The molecule has 1 amide bonds. The fourth-order valence-corrected chi connectivity index (χ4v) is 4.64. The Morgan fingerprint density at radius 3 is 2.58 bits per heavy atom. The van der Waals surface area contributed by atoms with Crippen molar-refractivity contribution in [3.8, 4) is 23.5 Å². The molecule has 1 unspecified atom stereocenters. The van der Waals surface area contributed by atoms with Gasteiger partial charge in [0.15, 0.2) is 11.6 Å². The Kier molecular flexibility index (Phi) is 8.11. The highest BCUT2D eigenvalue weighted by atomic mass is 16.5. The Bertz CT molecular complexity index is 1980. The molecule has 0 radical (unpaired) electrons. The van der Waals surface area contributed by atoms with Crippen molar-refractivity contribution < 1.29 is 9.53 Å². The van der Waals surface area contributed by atoms with Crippen molar-refractivity contribution >= 4 is 34.5 Å². The van der Waals surface area contributed by atoms with E-state index in [0.717, 1.165) is 0 Å². The standard InChI is InChI=1S/C32H28N8O3/c1-5-16-34-29-27(28(33)38-39(29)3)30(41)37-20(2)25-17-23-11-9-10-22(15-14-21-18-35-32(43-4)36-19-21)26(23)31(42)40(25)24-12-7-6-8-13-24/h5-13,16-20H,1H2,2-4H3,(H2,33,38)(H,37,41)/b34-16-. The van der Waals surface area contributed by atoms with E-state index in [1.807, 2.05) is 48.5 Å². The number of pyridine rings is 1. The number of benzene rings is 2. The largest absolute Gasteiger partial charge is 0.467 e. The summed E-state index contributed by atoms with van der Waals surface area (Å²) in [6, 6.07) is 16.2. The lowest BCUT2D eigenvalue weighted by Crippen LogP contribution is -2.32. The van der Waals surface area contributed by atoms with E-state index in [4.69, 9.17) is 10.5 Å². The number of carbonyl (C=O) groups excluding carboxylic acids is 1. The third kappa shape index (κ3) is 5.75. The van der Waals surface area contributed by atoms with Crippen LogP contribution >= 0.6 is 0 Å². The van der Waals surface area contributed by atoms with Crippen LogP contribution in [0.2, 0.25) is 0 Å². The van der Waals surface area contributed by atoms with Crippen molar-refractivity contribution in [2.75, 3.05) is 12.8 Å². The lowest BCUT2D eigenvalue weighted by Gasteiger charge is -2.21. The Labute approximate surface area is 247 Å². The molecular formula is C32H28N8O3. The molecule has 11 heteroatoms. The van der Waals surface area contributed by atoms with E-state index in [2.05, 4.69) is 43.8 Å². The number of hydrogen-bond donors (Lipinski definition) is 2. The Morgan fingerprint density at radius 1 is 1.14 bits per heavy atom. The van der Waals surface area contributed by atoms with Gasteiger partial charge in [-0.15, -0.1) is 0 Å². The molecule has 0 saturated heterocycles.